The molecule has 1 fully saturated rings. The molecule has 2 aromatic rings. The van der Waals surface area contributed by atoms with Gasteiger partial charge in [-0.15, -0.1) is 0 Å². The molecule has 0 saturated carbocycles. The van der Waals surface area contributed by atoms with Gasteiger partial charge in [-0.3, -0.25) is 9.78 Å². The number of hydrogen-bond donors (Lipinski definition) is 0. The fraction of sp³-hybridized carbons (Fsp3) is 0.316. The molecule has 0 N–H and O–H groups in total. The summed E-state index contributed by atoms with van der Waals surface area (Å²) in [5.74, 6) is 6.51. The first kappa shape index (κ1) is 16.0. The molecule has 0 amide bonds. The highest BCUT2D eigenvalue weighted by Crippen LogP contribution is 2.21. The Kier molecular flexibility index (Phi) is 5.41. The van der Waals surface area contributed by atoms with Gasteiger partial charge in [-0.1, -0.05) is 30.0 Å². The van der Waals surface area contributed by atoms with Crippen LogP contribution in [0.5, 0.6) is 0 Å². The Morgan fingerprint density at radius 2 is 2.00 bits per heavy atom. The minimum absolute atomic E-state index is 0.0588. The number of nitrogens with zero attached hydrogens (tertiary/aromatic N) is 3. The van der Waals surface area contributed by atoms with Crippen molar-refractivity contribution in [1.82, 2.24) is 9.97 Å². The molecule has 2 heterocycles. The van der Waals surface area contributed by atoms with Crippen molar-refractivity contribution in [3.63, 3.8) is 0 Å². The molecule has 0 unspecified atom stereocenters. The summed E-state index contributed by atoms with van der Waals surface area (Å²) in [4.78, 5) is 22.6. The lowest BCUT2D eigenvalue weighted by Gasteiger charge is -2.31. The van der Waals surface area contributed by atoms with Gasteiger partial charge in [0.1, 0.15) is 5.82 Å². The van der Waals surface area contributed by atoms with Crippen LogP contribution < -0.4 is 4.90 Å². The minimum atomic E-state index is -0.156. The number of aromatic nitrogens is 2. The number of benzene rings is 1. The molecule has 1 aliphatic rings. The quantitative estimate of drug-likeness (QED) is 0.641. The van der Waals surface area contributed by atoms with Crippen LogP contribution in [0.25, 0.3) is 0 Å². The zero-order valence-corrected chi connectivity index (χ0v) is 13.4. The summed E-state index contributed by atoms with van der Waals surface area (Å²) in [5, 5.41) is 0. The molecule has 1 aromatic heterocycles. The van der Waals surface area contributed by atoms with Gasteiger partial charge in [0.05, 0.1) is 12.1 Å². The van der Waals surface area contributed by atoms with Crippen LogP contribution in [0.4, 0.5) is 5.82 Å². The lowest BCUT2D eigenvalue weighted by Crippen LogP contribution is -2.37. The normalized spacial score (nSPS) is 14.6. The molecule has 1 saturated heterocycles. The molecule has 1 aromatic carbocycles. The van der Waals surface area contributed by atoms with Gasteiger partial charge in [-0.05, 0) is 25.0 Å². The SMILES string of the molecule is O=C(OCC#Cc1ccccc1)C1CCN(c2cnccn2)CC1. The van der Waals surface area contributed by atoms with Crippen molar-refractivity contribution >= 4 is 11.8 Å². The number of esters is 1. The zero-order valence-electron chi connectivity index (χ0n) is 13.4. The van der Waals surface area contributed by atoms with E-state index in [0.29, 0.717) is 0 Å². The van der Waals surface area contributed by atoms with Gasteiger partial charge < -0.3 is 9.64 Å². The first-order valence-electron chi connectivity index (χ1n) is 8.04. The molecule has 3 rings (SSSR count). The number of carbonyl (C=O) groups excluding carboxylic acids is 1. The van der Waals surface area contributed by atoms with Crippen LogP contribution >= 0.6 is 0 Å². The van der Waals surface area contributed by atoms with Gasteiger partial charge in [0.25, 0.3) is 0 Å². The van der Waals surface area contributed by atoms with Crippen LogP contribution in [0.2, 0.25) is 0 Å². The molecule has 122 valence electrons. The summed E-state index contributed by atoms with van der Waals surface area (Å²) in [6.45, 7) is 1.71. The molecule has 1 aliphatic heterocycles. The fourth-order valence-corrected chi connectivity index (χ4v) is 2.68. The molecule has 24 heavy (non-hydrogen) atoms. The third-order valence-electron chi connectivity index (χ3n) is 3.99. The first-order chi connectivity index (χ1) is 11.8. The maximum absolute atomic E-state index is 12.1. The number of hydrogen-bond acceptors (Lipinski definition) is 5. The maximum Gasteiger partial charge on any atom is 0.310 e. The average molecular weight is 321 g/mol. The van der Waals surface area contributed by atoms with Crippen molar-refractivity contribution < 1.29 is 9.53 Å². The van der Waals surface area contributed by atoms with E-state index in [4.69, 9.17) is 4.74 Å². The highest BCUT2D eigenvalue weighted by atomic mass is 16.5. The molecular weight excluding hydrogens is 302 g/mol. The van der Waals surface area contributed by atoms with Gasteiger partial charge >= 0.3 is 5.97 Å². The van der Waals surface area contributed by atoms with Gasteiger partial charge in [-0.2, -0.15) is 0 Å². The lowest BCUT2D eigenvalue weighted by atomic mass is 9.97. The minimum Gasteiger partial charge on any atom is -0.452 e. The Morgan fingerprint density at radius 3 is 2.71 bits per heavy atom. The van der Waals surface area contributed by atoms with E-state index in [0.717, 1.165) is 37.3 Å². The standard InChI is InChI=1S/C19H19N3O2/c23-19(24-14-4-7-16-5-2-1-3-6-16)17-8-12-22(13-9-17)18-15-20-10-11-21-18/h1-3,5-6,10-11,15,17H,8-9,12-14H2. The highest BCUT2D eigenvalue weighted by Gasteiger charge is 2.26. The third-order valence-corrected chi connectivity index (χ3v) is 3.99. The Hall–Kier alpha value is -2.87. The highest BCUT2D eigenvalue weighted by molar-refractivity contribution is 5.73. The monoisotopic (exact) mass is 321 g/mol. The molecule has 0 atom stereocenters. The predicted octanol–water partition coefficient (Wildman–Crippen LogP) is 2.29. The first-order valence-corrected chi connectivity index (χ1v) is 8.04. The Balaban J connectivity index is 1.43. The zero-order chi connectivity index (χ0) is 16.6. The molecule has 5 nitrogen and oxygen atoms in total. The van der Waals surface area contributed by atoms with Crippen LogP contribution in [-0.4, -0.2) is 35.6 Å². The molecule has 0 aliphatic carbocycles. The van der Waals surface area contributed by atoms with Crippen LogP contribution in [0.1, 0.15) is 18.4 Å². The molecular formula is C19H19N3O2. The molecule has 5 heteroatoms. The fourth-order valence-electron chi connectivity index (χ4n) is 2.68. The smallest absolute Gasteiger partial charge is 0.310 e. The second-order valence-corrected chi connectivity index (χ2v) is 5.60. The molecule has 0 radical (unpaired) electrons. The van der Waals surface area contributed by atoms with Crippen molar-refractivity contribution in [2.24, 2.45) is 5.92 Å². The van der Waals surface area contributed by atoms with E-state index in [-0.39, 0.29) is 18.5 Å². The van der Waals surface area contributed by atoms with E-state index in [1.807, 2.05) is 30.3 Å². The summed E-state index contributed by atoms with van der Waals surface area (Å²) in [6, 6.07) is 9.66. The largest absolute Gasteiger partial charge is 0.452 e. The maximum atomic E-state index is 12.1. The Bertz CT molecular complexity index is 715. The third kappa shape index (κ3) is 4.32. The predicted molar refractivity (Wildman–Crippen MR) is 91.2 cm³/mol. The van der Waals surface area contributed by atoms with Crippen molar-refractivity contribution in [2.75, 3.05) is 24.6 Å². The summed E-state index contributed by atoms with van der Waals surface area (Å²) in [7, 11) is 0. The molecule has 0 spiro atoms. The van der Waals surface area contributed by atoms with Gasteiger partial charge in [0.2, 0.25) is 0 Å². The van der Waals surface area contributed by atoms with Gasteiger partial charge in [0.15, 0.2) is 6.61 Å². The van der Waals surface area contributed by atoms with E-state index >= 15 is 0 Å². The van der Waals surface area contributed by atoms with Crippen molar-refractivity contribution in [3.8, 4) is 11.8 Å². The average Bonchev–Trinajstić information content (AvgIpc) is 2.67. The number of ether oxygens (including phenoxy) is 1. The summed E-state index contributed by atoms with van der Waals surface area (Å²) in [6.07, 6.45) is 6.62. The number of anilines is 1. The van der Waals surface area contributed by atoms with E-state index < -0.39 is 0 Å². The van der Waals surface area contributed by atoms with Crippen molar-refractivity contribution in [2.45, 2.75) is 12.8 Å². The second kappa shape index (κ2) is 8.11. The second-order valence-electron chi connectivity index (χ2n) is 5.60. The Morgan fingerprint density at radius 1 is 1.21 bits per heavy atom. The van der Waals surface area contributed by atoms with Crippen molar-refractivity contribution in [3.05, 3.63) is 54.5 Å². The van der Waals surface area contributed by atoms with E-state index in [1.54, 1.807) is 18.6 Å². The lowest BCUT2D eigenvalue weighted by molar-refractivity contribution is -0.147. The van der Waals surface area contributed by atoms with Crippen LogP contribution in [0, 0.1) is 17.8 Å². The number of rotatable bonds is 3. The summed E-state index contributed by atoms with van der Waals surface area (Å²) < 4.78 is 5.29. The van der Waals surface area contributed by atoms with Gasteiger partial charge in [0, 0.05) is 31.0 Å². The topological polar surface area (TPSA) is 55.3 Å². The Labute approximate surface area is 141 Å². The van der Waals surface area contributed by atoms with Crippen LogP contribution in [-0.2, 0) is 9.53 Å². The number of carbonyl (C=O) groups is 1. The molecule has 0 bridgehead atoms. The number of piperidine rings is 1. The van der Waals surface area contributed by atoms with Gasteiger partial charge in [-0.25, -0.2) is 4.98 Å². The van der Waals surface area contributed by atoms with Crippen LogP contribution in [0.3, 0.4) is 0 Å². The van der Waals surface area contributed by atoms with E-state index in [2.05, 4.69) is 26.7 Å². The summed E-state index contributed by atoms with van der Waals surface area (Å²) in [5.41, 5.74) is 0.922. The van der Waals surface area contributed by atoms with Crippen molar-refractivity contribution in [1.29, 1.82) is 0 Å². The summed E-state index contributed by atoms with van der Waals surface area (Å²) >= 11 is 0. The van der Waals surface area contributed by atoms with E-state index in [1.165, 1.54) is 0 Å². The van der Waals surface area contributed by atoms with Crippen LogP contribution in [0.15, 0.2) is 48.9 Å². The van der Waals surface area contributed by atoms with E-state index in [9.17, 15) is 4.79 Å².